The molecule has 80 valence electrons. The van der Waals surface area contributed by atoms with E-state index in [9.17, 15) is 4.39 Å². The minimum absolute atomic E-state index is 0.164. The molecule has 1 aliphatic carbocycles. The summed E-state index contributed by atoms with van der Waals surface area (Å²) in [4.78, 5) is 0. The molecule has 0 atom stereocenters. The van der Waals surface area contributed by atoms with Gasteiger partial charge in [-0.1, -0.05) is 25.0 Å². The van der Waals surface area contributed by atoms with Crippen LogP contribution in [0.5, 0.6) is 0 Å². The quantitative estimate of drug-likeness (QED) is 0.728. The zero-order valence-electron chi connectivity index (χ0n) is 8.82. The molecule has 0 bridgehead atoms. The molecule has 0 N–H and O–H groups in total. The monoisotopic (exact) mass is 268 g/mol. The second-order valence-electron chi connectivity index (χ2n) is 4.02. The zero-order valence-corrected chi connectivity index (χ0v) is 10.4. The van der Waals surface area contributed by atoms with Gasteiger partial charge in [-0.25, -0.2) is 4.39 Å². The van der Waals surface area contributed by atoms with Gasteiger partial charge in [0.05, 0.1) is 4.47 Å². The fourth-order valence-corrected chi connectivity index (χ4v) is 2.45. The van der Waals surface area contributed by atoms with E-state index < -0.39 is 0 Å². The number of benzene rings is 1. The highest BCUT2D eigenvalue weighted by molar-refractivity contribution is 9.10. The average Bonchev–Trinajstić information content (AvgIpc) is 2.21. The van der Waals surface area contributed by atoms with Crippen LogP contribution in [0.3, 0.4) is 0 Å². The highest BCUT2D eigenvalue weighted by Crippen LogP contribution is 2.30. The van der Waals surface area contributed by atoms with Gasteiger partial charge in [-0.3, -0.25) is 0 Å². The fourth-order valence-electron chi connectivity index (χ4n) is 2.06. The molecular weight excluding hydrogens is 255 g/mol. The summed E-state index contributed by atoms with van der Waals surface area (Å²) in [7, 11) is 0. The van der Waals surface area contributed by atoms with Crippen molar-refractivity contribution in [2.24, 2.45) is 0 Å². The summed E-state index contributed by atoms with van der Waals surface area (Å²) < 4.78 is 13.9. The van der Waals surface area contributed by atoms with Crippen molar-refractivity contribution in [2.45, 2.75) is 32.6 Å². The summed E-state index contributed by atoms with van der Waals surface area (Å²) in [6, 6.07) is 3.54. The largest absolute Gasteiger partial charge is 0.206 e. The molecule has 1 aliphatic rings. The molecule has 0 aliphatic heterocycles. The standard InChI is InChI=1S/C13H14BrF/c1-2-3-9-4-5-10-7-12(14)13(15)8-11(10)6-9/h6-8H,2-5H2,1H3. The lowest BCUT2D eigenvalue weighted by Crippen LogP contribution is -2.00. The lowest BCUT2D eigenvalue weighted by molar-refractivity contribution is 0.619. The maximum Gasteiger partial charge on any atom is 0.137 e. The topological polar surface area (TPSA) is 0 Å². The Morgan fingerprint density at radius 3 is 2.87 bits per heavy atom. The van der Waals surface area contributed by atoms with E-state index in [2.05, 4.69) is 28.9 Å². The zero-order chi connectivity index (χ0) is 10.8. The predicted molar refractivity (Wildman–Crippen MR) is 65.3 cm³/mol. The van der Waals surface area contributed by atoms with Crippen LogP contribution in [0.2, 0.25) is 0 Å². The number of hydrogen-bond acceptors (Lipinski definition) is 0. The van der Waals surface area contributed by atoms with Crippen molar-refractivity contribution < 1.29 is 4.39 Å². The number of allylic oxidation sites excluding steroid dienone is 1. The van der Waals surface area contributed by atoms with Crippen molar-refractivity contribution in [3.63, 3.8) is 0 Å². The Labute approximate surface area is 98.3 Å². The van der Waals surface area contributed by atoms with Crippen molar-refractivity contribution in [2.75, 3.05) is 0 Å². The van der Waals surface area contributed by atoms with E-state index in [1.165, 1.54) is 17.6 Å². The van der Waals surface area contributed by atoms with Crippen LogP contribution in [0, 0.1) is 5.82 Å². The average molecular weight is 269 g/mol. The molecule has 0 saturated carbocycles. The lowest BCUT2D eigenvalue weighted by atomic mass is 9.90. The first-order valence-corrected chi connectivity index (χ1v) is 6.17. The molecule has 0 nitrogen and oxygen atoms in total. The molecule has 0 fully saturated rings. The van der Waals surface area contributed by atoms with Crippen molar-refractivity contribution in [1.29, 1.82) is 0 Å². The summed E-state index contributed by atoms with van der Waals surface area (Å²) in [5, 5.41) is 0. The maximum absolute atomic E-state index is 13.3. The van der Waals surface area contributed by atoms with Crippen LogP contribution in [0.1, 0.15) is 37.3 Å². The first-order chi connectivity index (χ1) is 7.20. The molecule has 15 heavy (non-hydrogen) atoms. The fraction of sp³-hybridized carbons (Fsp3) is 0.385. The first-order valence-electron chi connectivity index (χ1n) is 5.38. The summed E-state index contributed by atoms with van der Waals surface area (Å²) in [5.41, 5.74) is 3.76. The Kier molecular flexibility index (Phi) is 3.25. The van der Waals surface area contributed by atoms with E-state index in [0.29, 0.717) is 4.47 Å². The third-order valence-corrected chi connectivity index (χ3v) is 3.44. The number of hydrogen-bond donors (Lipinski definition) is 0. The maximum atomic E-state index is 13.3. The van der Waals surface area contributed by atoms with Gasteiger partial charge in [0.1, 0.15) is 5.82 Å². The molecule has 0 heterocycles. The molecule has 0 amide bonds. The Balaban J connectivity index is 2.37. The Morgan fingerprint density at radius 2 is 2.13 bits per heavy atom. The molecule has 1 aromatic rings. The number of aryl methyl sites for hydroxylation is 1. The van der Waals surface area contributed by atoms with E-state index in [-0.39, 0.29) is 5.82 Å². The highest BCUT2D eigenvalue weighted by atomic mass is 79.9. The van der Waals surface area contributed by atoms with E-state index in [4.69, 9.17) is 0 Å². The minimum atomic E-state index is -0.164. The summed E-state index contributed by atoms with van der Waals surface area (Å²) in [6.07, 6.45) is 6.62. The van der Waals surface area contributed by atoms with E-state index >= 15 is 0 Å². The molecule has 2 rings (SSSR count). The molecule has 1 aromatic carbocycles. The molecule has 0 unspecified atom stereocenters. The van der Waals surface area contributed by atoms with Gasteiger partial charge >= 0.3 is 0 Å². The van der Waals surface area contributed by atoms with Crippen molar-refractivity contribution >= 4 is 22.0 Å². The van der Waals surface area contributed by atoms with Crippen LogP contribution in [0.25, 0.3) is 6.08 Å². The molecule has 0 aromatic heterocycles. The normalized spacial score (nSPS) is 14.7. The van der Waals surface area contributed by atoms with Crippen LogP contribution < -0.4 is 0 Å². The first kappa shape index (κ1) is 10.9. The van der Waals surface area contributed by atoms with E-state index in [0.717, 1.165) is 24.8 Å². The third-order valence-electron chi connectivity index (χ3n) is 2.83. The van der Waals surface area contributed by atoms with Crippen LogP contribution in [0.4, 0.5) is 4.39 Å². The van der Waals surface area contributed by atoms with Crippen LogP contribution in [-0.4, -0.2) is 0 Å². The SMILES string of the molecule is CCCC1=Cc2cc(F)c(Br)cc2CC1. The summed E-state index contributed by atoms with van der Waals surface area (Å²) in [5.74, 6) is -0.164. The smallest absolute Gasteiger partial charge is 0.137 e. The molecule has 0 spiro atoms. The molecule has 0 radical (unpaired) electrons. The molecule has 2 heteroatoms. The van der Waals surface area contributed by atoms with Gasteiger partial charge in [0.15, 0.2) is 0 Å². The number of rotatable bonds is 2. The highest BCUT2D eigenvalue weighted by Gasteiger charge is 2.12. The van der Waals surface area contributed by atoms with Crippen LogP contribution in [-0.2, 0) is 6.42 Å². The predicted octanol–water partition coefficient (Wildman–Crippen LogP) is 4.72. The summed E-state index contributed by atoms with van der Waals surface area (Å²) >= 11 is 3.22. The van der Waals surface area contributed by atoms with E-state index in [1.807, 2.05) is 6.07 Å². The van der Waals surface area contributed by atoms with Crippen LogP contribution in [0.15, 0.2) is 22.2 Å². The second-order valence-corrected chi connectivity index (χ2v) is 4.87. The number of fused-ring (bicyclic) bond motifs is 1. The Morgan fingerprint density at radius 1 is 1.33 bits per heavy atom. The van der Waals surface area contributed by atoms with Gasteiger partial charge in [-0.05, 0) is 58.5 Å². The third kappa shape index (κ3) is 2.31. The summed E-state index contributed by atoms with van der Waals surface area (Å²) in [6.45, 7) is 2.18. The van der Waals surface area contributed by atoms with Gasteiger partial charge in [0.25, 0.3) is 0 Å². The Hall–Kier alpha value is -0.630. The molecule has 0 saturated heterocycles. The lowest BCUT2D eigenvalue weighted by Gasteiger charge is -2.16. The number of halogens is 2. The van der Waals surface area contributed by atoms with Crippen LogP contribution >= 0.6 is 15.9 Å². The van der Waals surface area contributed by atoms with Crippen molar-refractivity contribution in [3.8, 4) is 0 Å². The molecular formula is C13H14BrF. The van der Waals surface area contributed by atoms with Crippen molar-refractivity contribution in [3.05, 3.63) is 39.1 Å². The minimum Gasteiger partial charge on any atom is -0.206 e. The van der Waals surface area contributed by atoms with Gasteiger partial charge < -0.3 is 0 Å². The van der Waals surface area contributed by atoms with Gasteiger partial charge in [0, 0.05) is 0 Å². The van der Waals surface area contributed by atoms with Gasteiger partial charge in [0.2, 0.25) is 0 Å². The van der Waals surface area contributed by atoms with E-state index in [1.54, 1.807) is 6.07 Å². The Bertz CT molecular complexity index is 407. The van der Waals surface area contributed by atoms with Gasteiger partial charge in [-0.2, -0.15) is 0 Å². The van der Waals surface area contributed by atoms with Gasteiger partial charge in [-0.15, -0.1) is 0 Å². The second kappa shape index (κ2) is 4.48. The van der Waals surface area contributed by atoms with Crippen molar-refractivity contribution in [1.82, 2.24) is 0 Å².